The summed E-state index contributed by atoms with van der Waals surface area (Å²) in [5, 5.41) is 3.23. The van der Waals surface area contributed by atoms with Crippen molar-refractivity contribution in [2.45, 2.75) is 19.9 Å². The van der Waals surface area contributed by atoms with Gasteiger partial charge in [0.1, 0.15) is 0 Å². The van der Waals surface area contributed by atoms with E-state index in [2.05, 4.69) is 10.3 Å². The van der Waals surface area contributed by atoms with Crippen LogP contribution in [-0.4, -0.2) is 29.4 Å². The van der Waals surface area contributed by atoms with Crippen LogP contribution < -0.4 is 5.32 Å². The molecule has 1 aromatic carbocycles. The fourth-order valence-corrected chi connectivity index (χ4v) is 2.25. The number of hydrogen-bond acceptors (Lipinski definition) is 3. The molecule has 1 heterocycles. The van der Waals surface area contributed by atoms with Crippen molar-refractivity contribution in [1.29, 1.82) is 0 Å². The van der Waals surface area contributed by atoms with Crippen LogP contribution in [0.1, 0.15) is 35.8 Å². The van der Waals surface area contributed by atoms with E-state index in [9.17, 15) is 4.79 Å². The number of para-hydroxylation sites is 1. The first-order valence-corrected chi connectivity index (χ1v) is 7.15. The first-order chi connectivity index (χ1) is 10.1. The van der Waals surface area contributed by atoms with Crippen molar-refractivity contribution < 1.29 is 4.79 Å². The van der Waals surface area contributed by atoms with Crippen LogP contribution in [0.5, 0.6) is 0 Å². The van der Waals surface area contributed by atoms with Gasteiger partial charge in [0.25, 0.3) is 5.91 Å². The molecule has 4 heteroatoms. The maximum atomic E-state index is 12.7. The number of nitrogens with one attached hydrogen (secondary N) is 1. The summed E-state index contributed by atoms with van der Waals surface area (Å²) in [5.41, 5.74) is 2.64. The molecule has 0 bridgehead atoms. The van der Waals surface area contributed by atoms with Gasteiger partial charge in [-0.25, -0.2) is 0 Å². The van der Waals surface area contributed by atoms with Crippen LogP contribution in [0.15, 0.2) is 48.8 Å². The smallest absolute Gasteiger partial charge is 0.256 e. The van der Waals surface area contributed by atoms with Gasteiger partial charge in [0.2, 0.25) is 0 Å². The zero-order chi connectivity index (χ0) is 15.2. The Balaban J connectivity index is 2.23. The molecule has 0 aliphatic heterocycles. The Labute approximate surface area is 125 Å². The van der Waals surface area contributed by atoms with Crippen molar-refractivity contribution in [2.24, 2.45) is 0 Å². The Hall–Kier alpha value is -2.36. The third-order valence-corrected chi connectivity index (χ3v) is 3.61. The van der Waals surface area contributed by atoms with Crippen molar-refractivity contribution >= 4 is 11.6 Å². The summed E-state index contributed by atoms with van der Waals surface area (Å²) in [4.78, 5) is 18.5. The van der Waals surface area contributed by atoms with E-state index >= 15 is 0 Å². The van der Waals surface area contributed by atoms with E-state index in [1.165, 1.54) is 0 Å². The normalized spacial score (nSPS) is 11.8. The van der Waals surface area contributed by atoms with E-state index in [-0.39, 0.29) is 11.9 Å². The van der Waals surface area contributed by atoms with Gasteiger partial charge < -0.3 is 10.2 Å². The molecule has 0 aliphatic carbocycles. The van der Waals surface area contributed by atoms with E-state index in [1.807, 2.05) is 57.3 Å². The number of aromatic nitrogens is 1. The largest absolute Gasteiger partial charge is 0.385 e. The second-order valence-corrected chi connectivity index (χ2v) is 4.95. The molecule has 0 saturated carbocycles. The molecule has 1 N–H and O–H groups in total. The van der Waals surface area contributed by atoms with E-state index in [0.717, 1.165) is 17.8 Å². The Kier molecular flexibility index (Phi) is 4.93. The molecule has 4 nitrogen and oxygen atoms in total. The Morgan fingerprint density at radius 3 is 2.57 bits per heavy atom. The van der Waals surface area contributed by atoms with Gasteiger partial charge >= 0.3 is 0 Å². The molecule has 1 aromatic heterocycles. The highest BCUT2D eigenvalue weighted by molar-refractivity contribution is 5.99. The van der Waals surface area contributed by atoms with Crippen LogP contribution in [0.25, 0.3) is 0 Å². The predicted molar refractivity (Wildman–Crippen MR) is 85.4 cm³/mol. The average Bonchev–Trinajstić information content (AvgIpc) is 2.54. The maximum absolute atomic E-state index is 12.7. The minimum absolute atomic E-state index is 0.00446. The molecule has 21 heavy (non-hydrogen) atoms. The lowest BCUT2D eigenvalue weighted by molar-refractivity contribution is 0.0743. The van der Waals surface area contributed by atoms with Crippen LogP contribution in [0.2, 0.25) is 0 Å². The van der Waals surface area contributed by atoms with Gasteiger partial charge in [0, 0.05) is 31.7 Å². The van der Waals surface area contributed by atoms with Gasteiger partial charge in [-0.15, -0.1) is 0 Å². The number of amides is 1. The van der Waals surface area contributed by atoms with Crippen LogP contribution in [0.4, 0.5) is 5.69 Å². The molecule has 0 saturated heterocycles. The Bertz CT molecular complexity index is 598. The van der Waals surface area contributed by atoms with Crippen molar-refractivity contribution in [3.8, 4) is 0 Å². The number of anilines is 1. The summed E-state index contributed by atoms with van der Waals surface area (Å²) in [6, 6.07) is 11.5. The topological polar surface area (TPSA) is 45.2 Å². The van der Waals surface area contributed by atoms with Gasteiger partial charge in [0.05, 0.1) is 11.6 Å². The first-order valence-electron chi connectivity index (χ1n) is 7.15. The molecule has 2 rings (SSSR count). The Morgan fingerprint density at radius 1 is 1.24 bits per heavy atom. The van der Waals surface area contributed by atoms with Gasteiger partial charge in [0.15, 0.2) is 0 Å². The minimum atomic E-state index is -0.00446. The zero-order valence-electron chi connectivity index (χ0n) is 12.7. The molecular formula is C17H21N3O. The molecule has 1 unspecified atom stereocenters. The molecule has 110 valence electrons. The fourth-order valence-electron chi connectivity index (χ4n) is 2.25. The van der Waals surface area contributed by atoms with Crippen molar-refractivity contribution in [3.05, 3.63) is 59.9 Å². The van der Waals surface area contributed by atoms with Crippen LogP contribution in [0.3, 0.4) is 0 Å². The third-order valence-electron chi connectivity index (χ3n) is 3.61. The van der Waals surface area contributed by atoms with E-state index in [1.54, 1.807) is 17.3 Å². The lowest BCUT2D eigenvalue weighted by Crippen LogP contribution is -2.30. The quantitative estimate of drug-likeness (QED) is 0.915. The van der Waals surface area contributed by atoms with Crippen molar-refractivity contribution in [3.63, 3.8) is 0 Å². The van der Waals surface area contributed by atoms with Crippen LogP contribution in [-0.2, 0) is 0 Å². The summed E-state index contributed by atoms with van der Waals surface area (Å²) in [7, 11) is 1.83. The molecule has 0 aliphatic rings. The number of benzene rings is 1. The number of rotatable bonds is 5. The third kappa shape index (κ3) is 3.40. The zero-order valence-corrected chi connectivity index (χ0v) is 12.7. The fraction of sp³-hybridized carbons (Fsp3) is 0.294. The first kappa shape index (κ1) is 15.0. The summed E-state index contributed by atoms with van der Waals surface area (Å²) < 4.78 is 0. The lowest BCUT2D eigenvalue weighted by Gasteiger charge is -2.26. The Morgan fingerprint density at radius 2 is 1.90 bits per heavy atom. The molecule has 0 radical (unpaired) electrons. The monoisotopic (exact) mass is 283 g/mol. The molecule has 1 atom stereocenters. The summed E-state index contributed by atoms with van der Waals surface area (Å²) in [5.74, 6) is 0.0101. The molecular weight excluding hydrogens is 262 g/mol. The highest BCUT2D eigenvalue weighted by atomic mass is 16.2. The average molecular weight is 283 g/mol. The standard InChI is InChI=1S/C17H21N3O/c1-4-19-16-8-6-5-7-15(16)17(21)20(3)13(2)14-9-11-18-12-10-14/h5-13,19H,4H2,1-3H3. The highest BCUT2D eigenvalue weighted by Gasteiger charge is 2.20. The van der Waals surface area contributed by atoms with Gasteiger partial charge in [-0.3, -0.25) is 9.78 Å². The van der Waals surface area contributed by atoms with Crippen molar-refractivity contribution in [1.82, 2.24) is 9.88 Å². The van der Waals surface area contributed by atoms with Crippen LogP contribution >= 0.6 is 0 Å². The SMILES string of the molecule is CCNc1ccccc1C(=O)N(C)C(C)c1ccncc1. The highest BCUT2D eigenvalue weighted by Crippen LogP contribution is 2.23. The van der Waals surface area contributed by atoms with Crippen LogP contribution in [0, 0.1) is 0 Å². The molecule has 2 aromatic rings. The van der Waals surface area contributed by atoms with Gasteiger partial charge in [-0.1, -0.05) is 12.1 Å². The van der Waals surface area contributed by atoms with E-state index in [0.29, 0.717) is 5.56 Å². The van der Waals surface area contributed by atoms with Gasteiger partial charge in [-0.2, -0.15) is 0 Å². The minimum Gasteiger partial charge on any atom is -0.385 e. The molecule has 1 amide bonds. The lowest BCUT2D eigenvalue weighted by atomic mass is 10.1. The molecule has 0 spiro atoms. The predicted octanol–water partition coefficient (Wildman–Crippen LogP) is 3.35. The number of pyridine rings is 1. The van der Waals surface area contributed by atoms with E-state index in [4.69, 9.17) is 0 Å². The summed E-state index contributed by atoms with van der Waals surface area (Å²) >= 11 is 0. The summed E-state index contributed by atoms with van der Waals surface area (Å²) in [6.45, 7) is 4.82. The van der Waals surface area contributed by atoms with E-state index < -0.39 is 0 Å². The molecule has 0 fully saturated rings. The number of hydrogen-bond donors (Lipinski definition) is 1. The van der Waals surface area contributed by atoms with Gasteiger partial charge in [-0.05, 0) is 43.7 Å². The number of nitrogens with zero attached hydrogens (tertiary/aromatic N) is 2. The maximum Gasteiger partial charge on any atom is 0.256 e. The second kappa shape index (κ2) is 6.88. The number of carbonyl (C=O) groups excluding carboxylic acids is 1. The second-order valence-electron chi connectivity index (χ2n) is 4.95. The number of carbonyl (C=O) groups is 1. The summed E-state index contributed by atoms with van der Waals surface area (Å²) in [6.07, 6.45) is 3.49. The van der Waals surface area contributed by atoms with Crippen molar-refractivity contribution in [2.75, 3.05) is 18.9 Å².